The van der Waals surface area contributed by atoms with Crippen LogP contribution in [0.25, 0.3) is 0 Å². The Bertz CT molecular complexity index is 325. The second-order valence-electron chi connectivity index (χ2n) is 3.62. The quantitative estimate of drug-likeness (QED) is 0.583. The van der Waals surface area contributed by atoms with Gasteiger partial charge in [0.2, 0.25) is 0 Å². The fraction of sp³-hybridized carbons (Fsp3) is 0.333. The lowest BCUT2D eigenvalue weighted by atomic mass is 9.88. The first-order valence-corrected chi connectivity index (χ1v) is 6.07. The molecule has 2 aliphatic rings. The Morgan fingerprint density at radius 1 is 1.29 bits per heavy atom. The van der Waals surface area contributed by atoms with Crippen LogP contribution >= 0.6 is 22.6 Å². The molecule has 14 heavy (non-hydrogen) atoms. The molecule has 0 bridgehead atoms. The van der Waals surface area contributed by atoms with E-state index in [1.165, 1.54) is 5.57 Å². The van der Waals surface area contributed by atoms with Crippen LogP contribution in [0.15, 0.2) is 48.1 Å². The minimum atomic E-state index is -0.317. The average Bonchev–Trinajstić information content (AvgIpc) is 2.23. The number of alkyl halides is 1. The molecule has 2 rings (SSSR count). The van der Waals surface area contributed by atoms with Crippen molar-refractivity contribution in [3.63, 3.8) is 0 Å². The molecule has 0 fully saturated rings. The molecule has 2 aliphatic carbocycles. The number of rotatable bonds is 1. The monoisotopic (exact) mass is 300 g/mol. The largest absolute Gasteiger partial charge is 0.388 e. The van der Waals surface area contributed by atoms with Crippen LogP contribution in [0.3, 0.4) is 0 Å². The van der Waals surface area contributed by atoms with Crippen LogP contribution in [0.5, 0.6) is 0 Å². The molecule has 0 saturated carbocycles. The van der Waals surface area contributed by atoms with Gasteiger partial charge in [0, 0.05) is 5.92 Å². The van der Waals surface area contributed by atoms with E-state index < -0.39 is 0 Å². The van der Waals surface area contributed by atoms with Gasteiger partial charge >= 0.3 is 0 Å². The lowest BCUT2D eigenvalue weighted by Crippen LogP contribution is -2.20. The van der Waals surface area contributed by atoms with Crippen LogP contribution in [-0.2, 0) is 0 Å². The van der Waals surface area contributed by atoms with Crippen molar-refractivity contribution in [1.82, 2.24) is 0 Å². The predicted octanol–water partition coefficient (Wildman–Crippen LogP) is 2.78. The van der Waals surface area contributed by atoms with Crippen LogP contribution in [0.2, 0.25) is 0 Å². The summed E-state index contributed by atoms with van der Waals surface area (Å²) in [6.45, 7) is 0. The van der Waals surface area contributed by atoms with E-state index in [9.17, 15) is 5.11 Å². The van der Waals surface area contributed by atoms with Gasteiger partial charge in [0.05, 0.1) is 10.0 Å². The van der Waals surface area contributed by atoms with E-state index in [4.69, 9.17) is 0 Å². The van der Waals surface area contributed by atoms with Crippen molar-refractivity contribution in [3.05, 3.63) is 48.1 Å². The third-order valence-corrected chi connectivity index (χ3v) is 3.67. The minimum absolute atomic E-state index is 0.215. The molecular formula is C12H13IO. The summed E-state index contributed by atoms with van der Waals surface area (Å²) < 4.78 is 0.215. The van der Waals surface area contributed by atoms with Crippen molar-refractivity contribution in [2.24, 2.45) is 5.92 Å². The van der Waals surface area contributed by atoms with E-state index in [0.717, 1.165) is 6.42 Å². The van der Waals surface area contributed by atoms with E-state index in [0.29, 0.717) is 5.92 Å². The summed E-state index contributed by atoms with van der Waals surface area (Å²) in [7, 11) is 0. The summed E-state index contributed by atoms with van der Waals surface area (Å²) in [5, 5.41) is 9.52. The normalized spacial score (nSPS) is 35.9. The van der Waals surface area contributed by atoms with Crippen molar-refractivity contribution < 1.29 is 5.11 Å². The highest BCUT2D eigenvalue weighted by atomic mass is 127. The van der Waals surface area contributed by atoms with Gasteiger partial charge < -0.3 is 5.11 Å². The Balaban J connectivity index is 2.12. The smallest absolute Gasteiger partial charge is 0.0876 e. The van der Waals surface area contributed by atoms with Crippen molar-refractivity contribution in [3.8, 4) is 0 Å². The van der Waals surface area contributed by atoms with Gasteiger partial charge in [-0.3, -0.25) is 0 Å². The standard InChI is InChI=1S/C12H13IO/c13-11-8-10(6-7-12(11)14)9-4-2-1-3-5-9/h1-4,6-9,11-12,14H,5H2. The van der Waals surface area contributed by atoms with Crippen LogP contribution in [0.1, 0.15) is 6.42 Å². The van der Waals surface area contributed by atoms with Crippen LogP contribution in [0.4, 0.5) is 0 Å². The minimum Gasteiger partial charge on any atom is -0.388 e. The molecule has 74 valence electrons. The molecule has 0 radical (unpaired) electrons. The zero-order valence-electron chi connectivity index (χ0n) is 7.81. The third-order valence-electron chi connectivity index (χ3n) is 2.57. The number of allylic oxidation sites excluding steroid dienone is 6. The van der Waals surface area contributed by atoms with E-state index in [-0.39, 0.29) is 10.0 Å². The van der Waals surface area contributed by atoms with E-state index in [1.807, 2.05) is 12.2 Å². The molecule has 0 saturated heterocycles. The SMILES string of the molecule is OC1C=CC(C2C=CC=CC2)=CC1I. The second-order valence-corrected chi connectivity index (χ2v) is 5.05. The first-order valence-electron chi connectivity index (χ1n) is 4.83. The number of halogens is 1. The van der Waals surface area contributed by atoms with Crippen molar-refractivity contribution in [2.45, 2.75) is 16.4 Å². The number of hydrogen-bond donors (Lipinski definition) is 1. The van der Waals surface area contributed by atoms with Crippen molar-refractivity contribution >= 4 is 22.6 Å². The first-order chi connectivity index (χ1) is 6.77. The predicted molar refractivity (Wildman–Crippen MR) is 67.4 cm³/mol. The summed E-state index contributed by atoms with van der Waals surface area (Å²) in [6, 6.07) is 0. The molecule has 0 spiro atoms. The second kappa shape index (κ2) is 4.45. The topological polar surface area (TPSA) is 20.2 Å². The first kappa shape index (κ1) is 10.2. The Hall–Kier alpha value is -0.350. The molecular weight excluding hydrogens is 287 g/mol. The van der Waals surface area contributed by atoms with Crippen molar-refractivity contribution in [2.75, 3.05) is 0 Å². The fourth-order valence-electron chi connectivity index (χ4n) is 1.73. The lowest BCUT2D eigenvalue weighted by Gasteiger charge is -2.21. The zero-order chi connectivity index (χ0) is 9.97. The molecule has 2 heteroatoms. The average molecular weight is 300 g/mol. The highest BCUT2D eigenvalue weighted by molar-refractivity contribution is 14.1. The molecule has 3 atom stereocenters. The van der Waals surface area contributed by atoms with Gasteiger partial charge in [-0.2, -0.15) is 0 Å². The van der Waals surface area contributed by atoms with Gasteiger partial charge in [-0.25, -0.2) is 0 Å². The Kier molecular flexibility index (Phi) is 3.23. The van der Waals surface area contributed by atoms with Gasteiger partial charge in [0.15, 0.2) is 0 Å². The van der Waals surface area contributed by atoms with Gasteiger partial charge in [0.1, 0.15) is 0 Å². The molecule has 0 aliphatic heterocycles. The molecule has 0 aromatic rings. The number of aliphatic hydroxyl groups excluding tert-OH is 1. The lowest BCUT2D eigenvalue weighted by molar-refractivity contribution is 0.234. The van der Waals surface area contributed by atoms with Crippen LogP contribution < -0.4 is 0 Å². The Morgan fingerprint density at radius 2 is 2.14 bits per heavy atom. The van der Waals surface area contributed by atoms with E-state index in [2.05, 4.69) is 53.0 Å². The summed E-state index contributed by atoms with van der Waals surface area (Å²) in [5.41, 5.74) is 1.33. The maximum absolute atomic E-state index is 9.52. The molecule has 0 aromatic carbocycles. The molecule has 0 aromatic heterocycles. The van der Waals surface area contributed by atoms with Gasteiger partial charge in [-0.05, 0) is 12.0 Å². The summed E-state index contributed by atoms with van der Waals surface area (Å²) in [5.74, 6) is 0.501. The highest BCUT2D eigenvalue weighted by Crippen LogP contribution is 2.27. The molecule has 0 heterocycles. The van der Waals surface area contributed by atoms with E-state index >= 15 is 0 Å². The Labute approximate surface area is 98.0 Å². The maximum atomic E-state index is 9.52. The summed E-state index contributed by atoms with van der Waals surface area (Å²) in [6.07, 6.45) is 15.4. The number of aliphatic hydroxyl groups is 1. The summed E-state index contributed by atoms with van der Waals surface area (Å²) >= 11 is 2.27. The zero-order valence-corrected chi connectivity index (χ0v) is 9.96. The molecule has 0 amide bonds. The van der Waals surface area contributed by atoms with Crippen LogP contribution in [0, 0.1) is 5.92 Å². The van der Waals surface area contributed by atoms with Crippen LogP contribution in [-0.4, -0.2) is 15.1 Å². The van der Waals surface area contributed by atoms with Crippen molar-refractivity contribution in [1.29, 1.82) is 0 Å². The third kappa shape index (κ3) is 2.17. The molecule has 1 nitrogen and oxygen atoms in total. The molecule has 3 unspecified atom stereocenters. The number of hydrogen-bond acceptors (Lipinski definition) is 1. The summed E-state index contributed by atoms with van der Waals surface area (Å²) in [4.78, 5) is 0. The fourth-order valence-corrected chi connectivity index (χ4v) is 2.38. The van der Waals surface area contributed by atoms with Gasteiger partial charge in [-0.1, -0.05) is 65.1 Å². The highest BCUT2D eigenvalue weighted by Gasteiger charge is 2.18. The Morgan fingerprint density at radius 3 is 2.79 bits per heavy atom. The van der Waals surface area contributed by atoms with Gasteiger partial charge in [0.25, 0.3) is 0 Å². The maximum Gasteiger partial charge on any atom is 0.0876 e. The molecule has 1 N–H and O–H groups in total. The van der Waals surface area contributed by atoms with Gasteiger partial charge in [-0.15, -0.1) is 0 Å². The van der Waals surface area contributed by atoms with E-state index in [1.54, 1.807) is 0 Å².